The van der Waals surface area contributed by atoms with Crippen molar-refractivity contribution in [1.82, 2.24) is 25.8 Å². The Hall–Kier alpha value is -6.07. The van der Waals surface area contributed by atoms with Gasteiger partial charge in [0.2, 0.25) is 17.7 Å². The van der Waals surface area contributed by atoms with Gasteiger partial charge < -0.3 is 35.5 Å². The zero-order valence-corrected chi connectivity index (χ0v) is 43.7. The molecule has 0 bridgehead atoms. The number of carbonyl (C=O) groups is 5. The van der Waals surface area contributed by atoms with Crippen LogP contribution < -0.4 is 36.1 Å². The van der Waals surface area contributed by atoms with Gasteiger partial charge in [0.05, 0.1) is 37.6 Å². The summed E-state index contributed by atoms with van der Waals surface area (Å²) in [6.45, 7) is 5.36. The zero-order chi connectivity index (χ0) is 52.4. The first-order valence-corrected chi connectivity index (χ1v) is 27.3. The van der Waals surface area contributed by atoms with Gasteiger partial charge in [-0.2, -0.15) is 0 Å². The molecule has 4 saturated heterocycles. The number of methoxy groups -OCH3 is 1. The maximum absolute atomic E-state index is 16.5. The van der Waals surface area contributed by atoms with Crippen LogP contribution in [0.25, 0.3) is 11.1 Å². The van der Waals surface area contributed by atoms with Gasteiger partial charge in [0.1, 0.15) is 5.75 Å². The minimum absolute atomic E-state index is 0.0191. The average molecular weight is 1050 g/mol. The number of halogens is 2. The number of benzene rings is 4. The predicted octanol–water partition coefficient (Wildman–Crippen LogP) is 8.45. The number of rotatable bonds is 19. The number of primary amides is 1. The van der Waals surface area contributed by atoms with Crippen LogP contribution in [0.5, 0.6) is 11.5 Å². The number of anilines is 1. The molecule has 5 N–H and O–H groups in total. The van der Waals surface area contributed by atoms with E-state index in [1.54, 1.807) is 24.3 Å². The number of carbonyl (C=O) groups excluding carboxylic acids is 5. The normalized spacial score (nSPS) is 21.4. The van der Waals surface area contributed by atoms with Crippen molar-refractivity contribution in [2.24, 2.45) is 17.6 Å². The van der Waals surface area contributed by atoms with Gasteiger partial charge in [0.25, 0.3) is 5.91 Å². The number of nitrogens with zero attached hydrogens (tertiary/aromatic N) is 3. The Kier molecular flexibility index (Phi) is 18.0. The van der Waals surface area contributed by atoms with E-state index in [4.69, 9.17) is 31.5 Å². The Labute approximate surface area is 444 Å². The first-order valence-electron chi connectivity index (χ1n) is 27.0. The van der Waals surface area contributed by atoms with E-state index in [-0.39, 0.29) is 78.3 Å². The fourth-order valence-corrected chi connectivity index (χ4v) is 12.0. The number of likely N-dealkylation sites (tertiary alicyclic amines) is 2. The third kappa shape index (κ3) is 13.5. The van der Waals surface area contributed by atoms with E-state index in [9.17, 15) is 24.0 Å². The smallest absolute Gasteiger partial charge is 0.328 e. The quantitative estimate of drug-likeness (QED) is 0.0711. The Morgan fingerprint density at radius 2 is 1.56 bits per heavy atom. The fourth-order valence-electron chi connectivity index (χ4n) is 11.8. The molecule has 4 aromatic rings. The fraction of sp³-hybridized carbons (Fsp3) is 0.500. The van der Waals surface area contributed by atoms with Crippen LogP contribution in [0.3, 0.4) is 0 Å². The lowest BCUT2D eigenvalue weighted by Gasteiger charge is -2.37. The van der Waals surface area contributed by atoms with Crippen molar-refractivity contribution < 1.29 is 42.6 Å². The van der Waals surface area contributed by atoms with Crippen LogP contribution in [0, 0.1) is 17.7 Å². The lowest BCUT2D eigenvalue weighted by Crippen LogP contribution is -2.49. The molecule has 1 saturated carbocycles. The first kappa shape index (κ1) is 53.7. The van der Waals surface area contributed by atoms with Gasteiger partial charge in [-0.3, -0.25) is 34.3 Å². The largest absolute Gasteiger partial charge is 0.495 e. The standard InChI is InChI=1S/C58H71ClFN7O8/c1-73-50-17-10-41(34-49(50)67-29-23-52(68)64-58(67)72)57(71)66-27-21-38(22-28-66)32-37-19-25-65(26-20-37)36-53(69)63-43-13-11-42(12-14-43)62-35-47(39-6-3-2-4-7-39)40-9-16-48(59)46(33-40)54-45(56(61)70)15-18-51(55(54)60)75-31-24-44-8-5-30-74-44/h2-4,6-7,9-10,15-18,33-34,37-38,42-44,47,62H,5,8,11-14,19-32,35-36H2,1H3,(H2,61,70)(H,63,69)(H,64,68,72). The molecule has 4 aromatic carbocycles. The van der Waals surface area contributed by atoms with Gasteiger partial charge in [-0.25, -0.2) is 9.18 Å². The predicted molar refractivity (Wildman–Crippen MR) is 286 cm³/mol. The maximum atomic E-state index is 16.5. The van der Waals surface area contributed by atoms with Gasteiger partial charge in [0, 0.05) is 85.3 Å². The van der Waals surface area contributed by atoms with Crippen LogP contribution in [-0.2, 0) is 14.3 Å². The lowest BCUT2D eigenvalue weighted by molar-refractivity contribution is -0.123. The molecule has 5 aliphatic rings. The Balaban J connectivity index is 0.717. The van der Waals surface area contributed by atoms with Crippen LogP contribution in [0.1, 0.15) is 121 Å². The van der Waals surface area contributed by atoms with Crippen molar-refractivity contribution in [3.8, 4) is 22.6 Å². The summed E-state index contributed by atoms with van der Waals surface area (Å²) in [6.07, 6.45) is 11.5. The number of urea groups is 1. The van der Waals surface area contributed by atoms with Crippen molar-refractivity contribution in [2.45, 2.75) is 108 Å². The van der Waals surface area contributed by atoms with Gasteiger partial charge in [0.15, 0.2) is 11.6 Å². The number of hydrogen-bond acceptors (Lipinski definition) is 10. The van der Waals surface area contributed by atoms with Crippen molar-refractivity contribution in [1.29, 1.82) is 0 Å². The molecule has 17 heteroatoms. The summed E-state index contributed by atoms with van der Waals surface area (Å²) in [5.41, 5.74) is 9.16. The molecule has 6 amide bonds. The van der Waals surface area contributed by atoms with E-state index in [1.165, 1.54) is 24.1 Å². The van der Waals surface area contributed by atoms with Crippen LogP contribution in [0.4, 0.5) is 14.9 Å². The van der Waals surface area contributed by atoms with E-state index >= 15 is 4.39 Å². The van der Waals surface area contributed by atoms with E-state index in [1.807, 2.05) is 35.2 Å². The van der Waals surface area contributed by atoms with E-state index in [2.05, 4.69) is 33.0 Å². The van der Waals surface area contributed by atoms with Gasteiger partial charge in [-0.15, -0.1) is 0 Å². The molecule has 2 atom stereocenters. The third-order valence-corrected chi connectivity index (χ3v) is 16.4. The van der Waals surface area contributed by atoms with Gasteiger partial charge in [-0.05, 0) is 149 Å². The van der Waals surface area contributed by atoms with Crippen molar-refractivity contribution in [3.63, 3.8) is 0 Å². The van der Waals surface area contributed by atoms with Gasteiger partial charge in [-0.1, -0.05) is 48.0 Å². The Bertz CT molecular complexity index is 2660. The Morgan fingerprint density at radius 1 is 0.840 bits per heavy atom. The summed E-state index contributed by atoms with van der Waals surface area (Å²) in [5, 5.41) is 9.79. The number of nitrogens with one attached hydrogen (secondary N) is 3. The van der Waals surface area contributed by atoms with Crippen LogP contribution in [-0.4, -0.2) is 124 Å². The highest BCUT2D eigenvalue weighted by Crippen LogP contribution is 2.40. The minimum Gasteiger partial charge on any atom is -0.495 e. The van der Waals surface area contributed by atoms with Crippen LogP contribution in [0.15, 0.2) is 78.9 Å². The molecule has 2 unspecified atom stereocenters. The summed E-state index contributed by atoms with van der Waals surface area (Å²) >= 11 is 6.82. The molecule has 9 rings (SSSR count). The molecule has 15 nitrogen and oxygen atoms in total. The highest BCUT2D eigenvalue weighted by atomic mass is 35.5. The van der Waals surface area contributed by atoms with Crippen molar-refractivity contribution in [2.75, 3.05) is 71.0 Å². The van der Waals surface area contributed by atoms with Crippen molar-refractivity contribution >= 4 is 46.9 Å². The molecule has 4 heterocycles. The highest BCUT2D eigenvalue weighted by Gasteiger charge is 2.32. The molecule has 0 aromatic heterocycles. The maximum Gasteiger partial charge on any atom is 0.328 e. The molecule has 0 radical (unpaired) electrons. The number of piperidine rings is 2. The van der Waals surface area contributed by atoms with Crippen molar-refractivity contribution in [3.05, 3.63) is 112 Å². The summed E-state index contributed by atoms with van der Waals surface area (Å²) in [5.74, 6) is -0.264. The van der Waals surface area contributed by atoms with E-state index < -0.39 is 17.8 Å². The number of amides is 6. The molecule has 400 valence electrons. The summed E-state index contributed by atoms with van der Waals surface area (Å²) < 4.78 is 33.6. The van der Waals surface area contributed by atoms with Crippen LogP contribution >= 0.6 is 11.6 Å². The molecule has 75 heavy (non-hydrogen) atoms. The summed E-state index contributed by atoms with van der Waals surface area (Å²) in [7, 11) is 1.51. The van der Waals surface area contributed by atoms with Gasteiger partial charge >= 0.3 is 6.03 Å². The van der Waals surface area contributed by atoms with E-state index in [0.29, 0.717) is 72.0 Å². The Morgan fingerprint density at radius 3 is 2.25 bits per heavy atom. The monoisotopic (exact) mass is 1050 g/mol. The number of hydrogen-bond donors (Lipinski definition) is 4. The second kappa shape index (κ2) is 25.2. The lowest BCUT2D eigenvalue weighted by atomic mass is 9.82. The molecular formula is C58H71ClFN7O8. The zero-order valence-electron chi connectivity index (χ0n) is 43.0. The topological polar surface area (TPSA) is 185 Å². The SMILES string of the molecule is COc1ccc(C(=O)N2CCC(CC3CCN(CC(=O)NC4CCC(NCC(c5ccccc5)c5ccc(Cl)c(-c6c(C(N)=O)ccc(OCCC7CCCO7)c6F)c5)CC4)CC3)CC2)cc1N1CCC(=O)NC1=O. The minimum atomic E-state index is -0.764. The summed E-state index contributed by atoms with van der Waals surface area (Å²) in [4.78, 5) is 69.7. The number of imide groups is 1. The van der Waals surface area contributed by atoms with E-state index in [0.717, 1.165) is 101 Å². The average Bonchev–Trinajstić information content (AvgIpc) is 3.94. The molecule has 1 aliphatic carbocycles. The number of nitrogens with two attached hydrogens (primary N) is 1. The second-order valence-corrected chi connectivity index (χ2v) is 21.4. The first-order chi connectivity index (χ1) is 36.4. The second-order valence-electron chi connectivity index (χ2n) is 21.0. The number of ether oxygens (including phenoxy) is 3. The van der Waals surface area contributed by atoms with Crippen LogP contribution in [0.2, 0.25) is 5.02 Å². The molecule has 4 aliphatic heterocycles. The molecule has 5 fully saturated rings. The third-order valence-electron chi connectivity index (χ3n) is 16.1. The summed E-state index contributed by atoms with van der Waals surface area (Å²) in [6, 6.07) is 23.6. The molecular weight excluding hydrogens is 977 g/mol. The highest BCUT2D eigenvalue weighted by molar-refractivity contribution is 6.33. The molecule has 0 spiro atoms.